The number of hydrogen-bond donors (Lipinski definition) is 1. The highest BCUT2D eigenvalue weighted by Gasteiger charge is 2.45. The monoisotopic (exact) mass is 224 g/mol. The molecule has 4 heteroatoms. The molecule has 0 aromatic carbocycles. The number of carbonyl (C=O) groups excluding carboxylic acids is 1. The SMILES string of the molecule is CC1CC2CNCC2N1C(=O)C1CCOC1. The van der Waals surface area contributed by atoms with Crippen molar-refractivity contribution in [3.05, 3.63) is 0 Å². The highest BCUT2D eigenvalue weighted by atomic mass is 16.5. The van der Waals surface area contributed by atoms with Crippen LogP contribution in [0, 0.1) is 11.8 Å². The number of nitrogens with zero attached hydrogens (tertiary/aromatic N) is 1. The van der Waals surface area contributed by atoms with Crippen molar-refractivity contribution >= 4 is 5.91 Å². The lowest BCUT2D eigenvalue weighted by molar-refractivity contribution is -0.138. The van der Waals surface area contributed by atoms with E-state index < -0.39 is 0 Å². The Labute approximate surface area is 96.3 Å². The fraction of sp³-hybridized carbons (Fsp3) is 0.917. The molecule has 0 saturated carbocycles. The van der Waals surface area contributed by atoms with Gasteiger partial charge in [-0.25, -0.2) is 0 Å². The summed E-state index contributed by atoms with van der Waals surface area (Å²) < 4.78 is 5.32. The molecule has 3 heterocycles. The van der Waals surface area contributed by atoms with E-state index in [0.717, 1.165) is 32.5 Å². The fourth-order valence-corrected chi connectivity index (χ4v) is 3.48. The first-order valence-corrected chi connectivity index (χ1v) is 6.38. The molecule has 3 aliphatic heterocycles. The summed E-state index contributed by atoms with van der Waals surface area (Å²) >= 11 is 0. The molecule has 3 fully saturated rings. The maximum atomic E-state index is 12.4. The first-order valence-electron chi connectivity index (χ1n) is 6.38. The van der Waals surface area contributed by atoms with E-state index in [1.807, 2.05) is 0 Å². The molecule has 16 heavy (non-hydrogen) atoms. The van der Waals surface area contributed by atoms with Gasteiger partial charge in [0.15, 0.2) is 0 Å². The molecule has 4 atom stereocenters. The Morgan fingerprint density at radius 2 is 2.31 bits per heavy atom. The van der Waals surface area contributed by atoms with Gasteiger partial charge in [-0.1, -0.05) is 0 Å². The van der Waals surface area contributed by atoms with E-state index in [9.17, 15) is 4.79 Å². The van der Waals surface area contributed by atoms with E-state index in [1.165, 1.54) is 0 Å². The number of likely N-dealkylation sites (tertiary alicyclic amines) is 1. The van der Waals surface area contributed by atoms with Crippen LogP contribution in [0.5, 0.6) is 0 Å². The van der Waals surface area contributed by atoms with Crippen molar-refractivity contribution in [3.63, 3.8) is 0 Å². The first kappa shape index (κ1) is 10.5. The molecule has 4 nitrogen and oxygen atoms in total. The zero-order valence-electron chi connectivity index (χ0n) is 9.82. The lowest BCUT2D eigenvalue weighted by Gasteiger charge is -2.29. The van der Waals surface area contributed by atoms with Gasteiger partial charge in [0, 0.05) is 31.8 Å². The van der Waals surface area contributed by atoms with Crippen LogP contribution < -0.4 is 5.32 Å². The smallest absolute Gasteiger partial charge is 0.228 e. The van der Waals surface area contributed by atoms with E-state index in [0.29, 0.717) is 30.5 Å². The van der Waals surface area contributed by atoms with Crippen LogP contribution in [0.4, 0.5) is 0 Å². The first-order chi connectivity index (χ1) is 7.77. The Kier molecular flexibility index (Phi) is 2.64. The molecular weight excluding hydrogens is 204 g/mol. The summed E-state index contributed by atoms with van der Waals surface area (Å²) in [6, 6.07) is 0.869. The summed E-state index contributed by atoms with van der Waals surface area (Å²) in [5.41, 5.74) is 0. The third-order valence-corrected chi connectivity index (χ3v) is 4.31. The van der Waals surface area contributed by atoms with E-state index >= 15 is 0 Å². The molecule has 1 amide bonds. The van der Waals surface area contributed by atoms with Gasteiger partial charge in [-0.05, 0) is 25.7 Å². The van der Waals surface area contributed by atoms with E-state index in [-0.39, 0.29) is 5.92 Å². The summed E-state index contributed by atoms with van der Waals surface area (Å²) in [7, 11) is 0. The van der Waals surface area contributed by atoms with Crippen molar-refractivity contribution in [3.8, 4) is 0 Å². The van der Waals surface area contributed by atoms with Crippen molar-refractivity contribution in [1.29, 1.82) is 0 Å². The van der Waals surface area contributed by atoms with Gasteiger partial charge in [-0.3, -0.25) is 4.79 Å². The topological polar surface area (TPSA) is 41.6 Å². The van der Waals surface area contributed by atoms with Crippen LogP contribution in [0.3, 0.4) is 0 Å². The second kappa shape index (κ2) is 4.00. The van der Waals surface area contributed by atoms with Gasteiger partial charge in [-0.2, -0.15) is 0 Å². The third kappa shape index (κ3) is 1.55. The van der Waals surface area contributed by atoms with E-state index in [4.69, 9.17) is 4.74 Å². The lowest BCUT2D eigenvalue weighted by Crippen LogP contribution is -2.45. The maximum absolute atomic E-state index is 12.4. The van der Waals surface area contributed by atoms with Crippen molar-refractivity contribution < 1.29 is 9.53 Å². The van der Waals surface area contributed by atoms with Crippen LogP contribution in [-0.2, 0) is 9.53 Å². The van der Waals surface area contributed by atoms with Crippen LogP contribution in [0.25, 0.3) is 0 Å². The number of nitrogens with one attached hydrogen (secondary N) is 1. The van der Waals surface area contributed by atoms with Crippen LogP contribution >= 0.6 is 0 Å². The van der Waals surface area contributed by atoms with Gasteiger partial charge < -0.3 is 15.0 Å². The number of ether oxygens (including phenoxy) is 1. The zero-order valence-corrected chi connectivity index (χ0v) is 9.82. The quantitative estimate of drug-likeness (QED) is 0.693. The third-order valence-electron chi connectivity index (χ3n) is 4.31. The van der Waals surface area contributed by atoms with Gasteiger partial charge in [-0.15, -0.1) is 0 Å². The van der Waals surface area contributed by atoms with Crippen molar-refractivity contribution in [2.24, 2.45) is 11.8 Å². The summed E-state index contributed by atoms with van der Waals surface area (Å²) in [5.74, 6) is 1.14. The molecule has 0 bridgehead atoms. The molecule has 3 saturated heterocycles. The molecule has 0 aromatic heterocycles. The Morgan fingerprint density at radius 1 is 1.44 bits per heavy atom. The molecule has 0 aliphatic carbocycles. The number of amides is 1. The minimum atomic E-state index is 0.127. The zero-order chi connectivity index (χ0) is 11.1. The van der Waals surface area contributed by atoms with Crippen LogP contribution in [0.2, 0.25) is 0 Å². The summed E-state index contributed by atoms with van der Waals surface area (Å²) in [6.45, 7) is 5.64. The lowest BCUT2D eigenvalue weighted by atomic mass is 10.0. The second-order valence-electron chi connectivity index (χ2n) is 5.38. The number of fused-ring (bicyclic) bond motifs is 1. The molecule has 0 spiro atoms. The molecule has 0 aromatic rings. The average molecular weight is 224 g/mol. The Balaban J connectivity index is 1.74. The van der Waals surface area contributed by atoms with Crippen molar-refractivity contribution in [2.75, 3.05) is 26.3 Å². The highest BCUT2D eigenvalue weighted by molar-refractivity contribution is 5.80. The van der Waals surface area contributed by atoms with E-state index in [1.54, 1.807) is 0 Å². The normalized spacial score (nSPS) is 42.7. The van der Waals surface area contributed by atoms with Gasteiger partial charge in [0.05, 0.1) is 12.5 Å². The van der Waals surface area contributed by atoms with Crippen molar-refractivity contribution in [2.45, 2.75) is 31.8 Å². The van der Waals surface area contributed by atoms with E-state index in [2.05, 4.69) is 17.1 Å². The highest BCUT2D eigenvalue weighted by Crippen LogP contribution is 2.34. The largest absolute Gasteiger partial charge is 0.381 e. The average Bonchev–Trinajstić information content (AvgIpc) is 2.89. The number of rotatable bonds is 1. The Bertz CT molecular complexity index is 289. The minimum Gasteiger partial charge on any atom is -0.381 e. The molecule has 4 unspecified atom stereocenters. The molecular formula is C12H20N2O2. The number of hydrogen-bond acceptors (Lipinski definition) is 3. The minimum absolute atomic E-state index is 0.127. The molecule has 1 N–H and O–H groups in total. The van der Waals surface area contributed by atoms with Crippen LogP contribution in [-0.4, -0.2) is 49.2 Å². The fourth-order valence-electron chi connectivity index (χ4n) is 3.48. The van der Waals surface area contributed by atoms with Crippen LogP contribution in [0.15, 0.2) is 0 Å². The summed E-state index contributed by atoms with van der Waals surface area (Å²) in [6.07, 6.45) is 2.07. The molecule has 0 radical (unpaired) electrons. The van der Waals surface area contributed by atoms with Crippen molar-refractivity contribution in [1.82, 2.24) is 10.2 Å². The standard InChI is InChI=1S/C12H20N2O2/c1-8-4-10-5-13-6-11(10)14(8)12(15)9-2-3-16-7-9/h8-11,13H,2-7H2,1H3. The maximum Gasteiger partial charge on any atom is 0.228 e. The second-order valence-corrected chi connectivity index (χ2v) is 5.38. The van der Waals surface area contributed by atoms with Gasteiger partial charge in [0.1, 0.15) is 0 Å². The van der Waals surface area contributed by atoms with Gasteiger partial charge >= 0.3 is 0 Å². The Morgan fingerprint density at radius 3 is 3.06 bits per heavy atom. The molecule has 3 aliphatic rings. The molecule has 90 valence electrons. The number of carbonyl (C=O) groups is 1. The summed E-state index contributed by atoms with van der Waals surface area (Å²) in [5, 5.41) is 3.40. The van der Waals surface area contributed by atoms with Gasteiger partial charge in [0.25, 0.3) is 0 Å². The molecule has 3 rings (SSSR count). The van der Waals surface area contributed by atoms with Gasteiger partial charge in [0.2, 0.25) is 5.91 Å². The summed E-state index contributed by atoms with van der Waals surface area (Å²) in [4.78, 5) is 14.6. The van der Waals surface area contributed by atoms with Crippen LogP contribution in [0.1, 0.15) is 19.8 Å². The predicted molar refractivity (Wildman–Crippen MR) is 60.0 cm³/mol. The predicted octanol–water partition coefficient (Wildman–Crippen LogP) is 0.232. The Hall–Kier alpha value is -0.610.